The van der Waals surface area contributed by atoms with E-state index in [0.717, 1.165) is 19.6 Å². The maximum absolute atomic E-state index is 9.99. The molecule has 0 aromatic carbocycles. The topological polar surface area (TPSA) is 48.4 Å². The summed E-state index contributed by atoms with van der Waals surface area (Å²) in [6.07, 6.45) is 5.86. The van der Waals surface area contributed by atoms with Crippen molar-refractivity contribution >= 4 is 0 Å². The fourth-order valence-electron chi connectivity index (χ4n) is 2.41. The highest BCUT2D eigenvalue weighted by molar-refractivity contribution is 5.13. The molecule has 18 heavy (non-hydrogen) atoms. The van der Waals surface area contributed by atoms with E-state index >= 15 is 0 Å². The van der Waals surface area contributed by atoms with Crippen molar-refractivity contribution < 1.29 is 5.11 Å². The van der Waals surface area contributed by atoms with Crippen LogP contribution in [0.3, 0.4) is 0 Å². The second kappa shape index (κ2) is 6.83. The van der Waals surface area contributed by atoms with E-state index in [-0.39, 0.29) is 12.1 Å². The molecule has 1 fully saturated rings. The molecule has 1 aliphatic heterocycles. The molecular formula is C14H23N3O. The quantitative estimate of drug-likeness (QED) is 0.795. The van der Waals surface area contributed by atoms with Crippen LogP contribution in [-0.2, 0) is 0 Å². The van der Waals surface area contributed by atoms with Gasteiger partial charge in [-0.3, -0.25) is 4.98 Å². The van der Waals surface area contributed by atoms with Crippen LogP contribution >= 0.6 is 0 Å². The van der Waals surface area contributed by atoms with Gasteiger partial charge in [-0.25, -0.2) is 0 Å². The van der Waals surface area contributed by atoms with E-state index in [9.17, 15) is 5.11 Å². The Bertz CT molecular complexity index is 338. The first kappa shape index (κ1) is 13.5. The first-order valence-electron chi connectivity index (χ1n) is 6.79. The smallest absolute Gasteiger partial charge is 0.0791 e. The molecule has 0 saturated carbocycles. The molecule has 1 unspecified atom stereocenters. The number of aliphatic hydroxyl groups is 1. The standard InChI is InChI=1S/C14H23N3O/c1-12(13-4-6-15-7-5-13)16-10-14(18)11-17-8-2-3-9-17/h4-7,12,14,16,18H,2-3,8-11H2,1H3/t12-,14?/m0/s1. The van der Waals surface area contributed by atoms with Gasteiger partial charge in [0.1, 0.15) is 0 Å². The van der Waals surface area contributed by atoms with Gasteiger partial charge in [0.05, 0.1) is 6.10 Å². The molecule has 0 bridgehead atoms. The number of nitrogens with zero attached hydrogens (tertiary/aromatic N) is 2. The zero-order valence-corrected chi connectivity index (χ0v) is 11.0. The average molecular weight is 249 g/mol. The predicted octanol–water partition coefficient (Wildman–Crippen LogP) is 1.19. The maximum atomic E-state index is 9.99. The van der Waals surface area contributed by atoms with E-state index in [2.05, 4.69) is 22.1 Å². The molecule has 2 atom stereocenters. The summed E-state index contributed by atoms with van der Waals surface area (Å²) in [6.45, 7) is 5.81. The zero-order chi connectivity index (χ0) is 12.8. The van der Waals surface area contributed by atoms with Crippen molar-refractivity contribution in [3.63, 3.8) is 0 Å². The Balaban J connectivity index is 1.70. The molecule has 0 amide bonds. The molecule has 0 aliphatic carbocycles. The molecule has 2 rings (SSSR count). The SMILES string of the molecule is C[C@H](NCC(O)CN1CCCC1)c1ccncc1. The lowest BCUT2D eigenvalue weighted by Crippen LogP contribution is -2.37. The summed E-state index contributed by atoms with van der Waals surface area (Å²) in [6, 6.07) is 4.26. The first-order chi connectivity index (χ1) is 8.75. The number of aromatic nitrogens is 1. The van der Waals surface area contributed by atoms with Gasteiger partial charge >= 0.3 is 0 Å². The summed E-state index contributed by atoms with van der Waals surface area (Å²) in [7, 11) is 0. The van der Waals surface area contributed by atoms with Gasteiger partial charge in [0.15, 0.2) is 0 Å². The summed E-state index contributed by atoms with van der Waals surface area (Å²) >= 11 is 0. The summed E-state index contributed by atoms with van der Waals surface area (Å²) in [5, 5.41) is 13.4. The van der Waals surface area contributed by atoms with Gasteiger partial charge in [-0.15, -0.1) is 0 Å². The second-order valence-corrected chi connectivity index (χ2v) is 5.07. The third-order valence-electron chi connectivity index (χ3n) is 3.53. The Kier molecular flexibility index (Phi) is 5.11. The number of hydrogen-bond acceptors (Lipinski definition) is 4. The van der Waals surface area contributed by atoms with E-state index < -0.39 is 0 Å². The van der Waals surface area contributed by atoms with Gasteiger partial charge < -0.3 is 15.3 Å². The molecule has 2 heterocycles. The highest BCUT2D eigenvalue weighted by Gasteiger charge is 2.16. The Labute approximate surface area is 109 Å². The van der Waals surface area contributed by atoms with E-state index in [1.807, 2.05) is 12.1 Å². The minimum Gasteiger partial charge on any atom is -0.390 e. The molecule has 4 heteroatoms. The third kappa shape index (κ3) is 4.05. The van der Waals surface area contributed by atoms with Crippen LogP contribution in [0.4, 0.5) is 0 Å². The van der Waals surface area contributed by atoms with Crippen LogP contribution in [0.5, 0.6) is 0 Å². The lowest BCUT2D eigenvalue weighted by atomic mass is 10.1. The van der Waals surface area contributed by atoms with Crippen molar-refractivity contribution in [2.75, 3.05) is 26.2 Å². The minimum atomic E-state index is -0.285. The lowest BCUT2D eigenvalue weighted by molar-refractivity contribution is 0.121. The van der Waals surface area contributed by atoms with Crippen molar-refractivity contribution in [1.82, 2.24) is 15.2 Å². The summed E-state index contributed by atoms with van der Waals surface area (Å²) < 4.78 is 0. The molecule has 1 aliphatic rings. The Morgan fingerprint density at radius 3 is 2.67 bits per heavy atom. The predicted molar refractivity (Wildman–Crippen MR) is 72.3 cm³/mol. The summed E-state index contributed by atoms with van der Waals surface area (Å²) in [5.41, 5.74) is 1.21. The molecule has 1 aromatic rings. The lowest BCUT2D eigenvalue weighted by Gasteiger charge is -2.21. The monoisotopic (exact) mass is 249 g/mol. The first-order valence-corrected chi connectivity index (χ1v) is 6.79. The van der Waals surface area contributed by atoms with Crippen molar-refractivity contribution in [3.8, 4) is 0 Å². The number of β-amino-alcohol motifs (C(OH)–C–C–N with tert-alkyl or cyclic N) is 1. The zero-order valence-electron chi connectivity index (χ0n) is 11.0. The minimum absolute atomic E-state index is 0.251. The Morgan fingerprint density at radius 1 is 1.33 bits per heavy atom. The second-order valence-electron chi connectivity index (χ2n) is 5.07. The van der Waals surface area contributed by atoms with Crippen molar-refractivity contribution in [2.24, 2.45) is 0 Å². The van der Waals surface area contributed by atoms with E-state index in [1.54, 1.807) is 12.4 Å². The average Bonchev–Trinajstić information content (AvgIpc) is 2.90. The van der Waals surface area contributed by atoms with Crippen LogP contribution in [0, 0.1) is 0 Å². The van der Waals surface area contributed by atoms with Gasteiger partial charge in [0.2, 0.25) is 0 Å². The van der Waals surface area contributed by atoms with E-state index in [4.69, 9.17) is 0 Å². The van der Waals surface area contributed by atoms with Gasteiger partial charge in [-0.1, -0.05) is 0 Å². The fourth-order valence-corrected chi connectivity index (χ4v) is 2.41. The van der Waals surface area contributed by atoms with Crippen molar-refractivity contribution in [1.29, 1.82) is 0 Å². The van der Waals surface area contributed by atoms with Gasteiger partial charge in [0, 0.05) is 31.5 Å². The van der Waals surface area contributed by atoms with E-state index in [1.165, 1.54) is 18.4 Å². The maximum Gasteiger partial charge on any atom is 0.0791 e. The molecule has 2 N–H and O–H groups in total. The van der Waals surface area contributed by atoms with Crippen LogP contribution in [0.25, 0.3) is 0 Å². The van der Waals surface area contributed by atoms with Crippen molar-refractivity contribution in [2.45, 2.75) is 31.9 Å². The van der Waals surface area contributed by atoms with Gasteiger partial charge in [-0.05, 0) is 50.6 Å². The van der Waals surface area contributed by atoms with Crippen LogP contribution in [0.2, 0.25) is 0 Å². The van der Waals surface area contributed by atoms with Crippen LogP contribution in [0.15, 0.2) is 24.5 Å². The molecule has 4 nitrogen and oxygen atoms in total. The molecule has 1 aromatic heterocycles. The Hall–Kier alpha value is -0.970. The summed E-state index contributed by atoms with van der Waals surface area (Å²) in [5.74, 6) is 0. The number of aliphatic hydroxyl groups excluding tert-OH is 1. The molecule has 0 spiro atoms. The van der Waals surface area contributed by atoms with Gasteiger partial charge in [0.25, 0.3) is 0 Å². The van der Waals surface area contributed by atoms with E-state index in [0.29, 0.717) is 6.54 Å². The molecule has 100 valence electrons. The number of nitrogens with one attached hydrogen (secondary N) is 1. The Morgan fingerprint density at radius 2 is 2.00 bits per heavy atom. The molecule has 1 saturated heterocycles. The number of likely N-dealkylation sites (tertiary alicyclic amines) is 1. The van der Waals surface area contributed by atoms with Crippen molar-refractivity contribution in [3.05, 3.63) is 30.1 Å². The highest BCUT2D eigenvalue weighted by Crippen LogP contribution is 2.11. The fraction of sp³-hybridized carbons (Fsp3) is 0.643. The number of pyridine rings is 1. The molecular weight excluding hydrogens is 226 g/mol. The van der Waals surface area contributed by atoms with Crippen LogP contribution in [-0.4, -0.2) is 47.3 Å². The van der Waals surface area contributed by atoms with Crippen LogP contribution in [0.1, 0.15) is 31.4 Å². The number of hydrogen-bond donors (Lipinski definition) is 2. The highest BCUT2D eigenvalue weighted by atomic mass is 16.3. The normalized spacial score (nSPS) is 19.9. The largest absolute Gasteiger partial charge is 0.390 e. The van der Waals surface area contributed by atoms with Gasteiger partial charge in [-0.2, -0.15) is 0 Å². The molecule has 0 radical (unpaired) electrons. The third-order valence-corrected chi connectivity index (χ3v) is 3.53. The number of rotatable bonds is 6. The summed E-state index contributed by atoms with van der Waals surface area (Å²) in [4.78, 5) is 6.34. The van der Waals surface area contributed by atoms with Crippen LogP contribution < -0.4 is 5.32 Å².